The Hall–Kier alpha value is -1.06. The van der Waals surface area contributed by atoms with Crippen LogP contribution in [-0.2, 0) is 10.2 Å². The average molecular weight is 351 g/mol. The van der Waals surface area contributed by atoms with Gasteiger partial charge < -0.3 is 11.1 Å². The van der Waals surface area contributed by atoms with Gasteiger partial charge in [-0.2, -0.15) is 0 Å². The summed E-state index contributed by atoms with van der Waals surface area (Å²) in [6.07, 6.45) is 6.03. The number of halogens is 1. The van der Waals surface area contributed by atoms with Gasteiger partial charge in [-0.3, -0.25) is 4.79 Å². The first-order valence-corrected chi connectivity index (χ1v) is 9.59. The lowest BCUT2D eigenvalue weighted by atomic mass is 9.58. The van der Waals surface area contributed by atoms with E-state index in [0.29, 0.717) is 5.92 Å². The van der Waals surface area contributed by atoms with Crippen LogP contribution in [0.15, 0.2) is 24.3 Å². The molecule has 134 valence electrons. The van der Waals surface area contributed by atoms with Crippen molar-refractivity contribution in [1.29, 1.82) is 0 Å². The number of benzene rings is 1. The summed E-state index contributed by atoms with van der Waals surface area (Å²) in [6.45, 7) is 6.47. The Morgan fingerprint density at radius 2 is 1.92 bits per heavy atom. The molecule has 0 aromatic heterocycles. The van der Waals surface area contributed by atoms with Crippen LogP contribution in [0.5, 0.6) is 0 Å². The van der Waals surface area contributed by atoms with Crippen LogP contribution < -0.4 is 11.1 Å². The molecule has 0 spiro atoms. The highest BCUT2D eigenvalue weighted by molar-refractivity contribution is 6.30. The molecule has 1 fully saturated rings. The Morgan fingerprint density at radius 1 is 1.29 bits per heavy atom. The SMILES string of the molecule is CCC[C@H](N)C(=O)N[C@H](CC(C)C)C1(c2ccc(Cl)cc2)CCC1. The molecule has 3 nitrogen and oxygen atoms in total. The third kappa shape index (κ3) is 4.31. The van der Waals surface area contributed by atoms with Crippen LogP contribution in [0.25, 0.3) is 0 Å². The van der Waals surface area contributed by atoms with Gasteiger partial charge in [-0.05, 0) is 49.3 Å². The fourth-order valence-corrected chi connectivity index (χ4v) is 3.92. The zero-order valence-electron chi connectivity index (χ0n) is 15.1. The predicted octanol–water partition coefficient (Wildman–Crippen LogP) is 4.42. The number of carbonyl (C=O) groups is 1. The van der Waals surface area contributed by atoms with Gasteiger partial charge >= 0.3 is 0 Å². The van der Waals surface area contributed by atoms with Gasteiger partial charge in [0.05, 0.1) is 6.04 Å². The summed E-state index contributed by atoms with van der Waals surface area (Å²) in [6, 6.07) is 7.86. The van der Waals surface area contributed by atoms with E-state index >= 15 is 0 Å². The van der Waals surface area contributed by atoms with Crippen molar-refractivity contribution in [3.63, 3.8) is 0 Å². The number of nitrogens with two attached hydrogens (primary N) is 1. The zero-order valence-corrected chi connectivity index (χ0v) is 15.9. The first kappa shape index (κ1) is 19.3. The molecular formula is C20H31ClN2O. The molecule has 0 radical (unpaired) electrons. The van der Waals surface area contributed by atoms with Gasteiger partial charge in [-0.25, -0.2) is 0 Å². The fourth-order valence-electron chi connectivity index (χ4n) is 3.79. The summed E-state index contributed by atoms with van der Waals surface area (Å²) in [5.41, 5.74) is 7.35. The molecule has 1 amide bonds. The third-order valence-corrected chi connectivity index (χ3v) is 5.54. The van der Waals surface area contributed by atoms with E-state index in [1.54, 1.807) is 0 Å². The summed E-state index contributed by atoms with van der Waals surface area (Å²) in [4.78, 5) is 12.5. The Labute approximate surface area is 151 Å². The van der Waals surface area contributed by atoms with Crippen LogP contribution in [0.4, 0.5) is 0 Å². The van der Waals surface area contributed by atoms with E-state index in [9.17, 15) is 4.79 Å². The van der Waals surface area contributed by atoms with E-state index in [-0.39, 0.29) is 17.4 Å². The Kier molecular flexibility index (Phi) is 6.70. The predicted molar refractivity (Wildman–Crippen MR) is 101 cm³/mol. The van der Waals surface area contributed by atoms with Crippen molar-refractivity contribution < 1.29 is 4.79 Å². The lowest BCUT2D eigenvalue weighted by molar-refractivity contribution is -0.124. The van der Waals surface area contributed by atoms with Crippen LogP contribution in [0.2, 0.25) is 5.02 Å². The molecule has 1 aliphatic rings. The number of hydrogen-bond acceptors (Lipinski definition) is 2. The van der Waals surface area contributed by atoms with E-state index in [4.69, 9.17) is 17.3 Å². The van der Waals surface area contributed by atoms with Crippen molar-refractivity contribution in [2.75, 3.05) is 0 Å². The van der Waals surface area contributed by atoms with Crippen LogP contribution in [0.3, 0.4) is 0 Å². The summed E-state index contributed by atoms with van der Waals surface area (Å²) >= 11 is 6.06. The van der Waals surface area contributed by atoms with Crippen LogP contribution in [-0.4, -0.2) is 18.0 Å². The molecule has 0 unspecified atom stereocenters. The van der Waals surface area contributed by atoms with E-state index < -0.39 is 6.04 Å². The van der Waals surface area contributed by atoms with Gasteiger partial charge in [0.25, 0.3) is 0 Å². The molecule has 0 heterocycles. The number of rotatable bonds is 8. The van der Waals surface area contributed by atoms with E-state index in [0.717, 1.165) is 37.1 Å². The van der Waals surface area contributed by atoms with Gasteiger partial charge in [0.1, 0.15) is 0 Å². The number of carbonyl (C=O) groups excluding carboxylic acids is 1. The molecule has 0 saturated heterocycles. The standard InChI is InChI=1S/C20H31ClN2O/c1-4-6-17(22)19(24)23-18(13-14(2)3)20(11-5-12-20)15-7-9-16(21)10-8-15/h7-10,14,17-18H,4-6,11-13,22H2,1-3H3,(H,23,24)/t17-,18+/m0/s1. The lowest BCUT2D eigenvalue weighted by Gasteiger charge is -2.49. The summed E-state index contributed by atoms with van der Waals surface area (Å²) < 4.78 is 0. The highest BCUT2D eigenvalue weighted by atomic mass is 35.5. The molecule has 3 N–H and O–H groups in total. The Balaban J connectivity index is 2.24. The van der Waals surface area contributed by atoms with Gasteiger partial charge in [0.15, 0.2) is 0 Å². The first-order valence-electron chi connectivity index (χ1n) is 9.21. The van der Waals surface area contributed by atoms with Gasteiger partial charge in [0.2, 0.25) is 5.91 Å². The zero-order chi connectivity index (χ0) is 17.7. The second-order valence-corrected chi connectivity index (χ2v) is 8.04. The molecule has 2 rings (SSSR count). The maximum atomic E-state index is 12.5. The van der Waals surface area contributed by atoms with Crippen LogP contribution in [0, 0.1) is 5.92 Å². The van der Waals surface area contributed by atoms with Crippen molar-refractivity contribution in [2.24, 2.45) is 11.7 Å². The minimum absolute atomic E-state index is 0.0114. The van der Waals surface area contributed by atoms with E-state index in [1.807, 2.05) is 12.1 Å². The number of amides is 1. The summed E-state index contributed by atoms with van der Waals surface area (Å²) in [5.74, 6) is 0.505. The maximum absolute atomic E-state index is 12.5. The Morgan fingerprint density at radius 3 is 2.38 bits per heavy atom. The second-order valence-electron chi connectivity index (χ2n) is 7.60. The van der Waals surface area contributed by atoms with Crippen LogP contribution in [0.1, 0.15) is 64.9 Å². The monoisotopic (exact) mass is 350 g/mol. The van der Waals surface area contributed by atoms with Crippen molar-refractivity contribution in [3.05, 3.63) is 34.9 Å². The molecule has 0 bridgehead atoms. The fraction of sp³-hybridized carbons (Fsp3) is 0.650. The number of nitrogens with one attached hydrogen (secondary N) is 1. The number of hydrogen-bond donors (Lipinski definition) is 2. The van der Waals surface area contributed by atoms with Gasteiger partial charge in [-0.1, -0.05) is 57.3 Å². The highest BCUT2D eigenvalue weighted by Gasteiger charge is 2.46. The van der Waals surface area contributed by atoms with Crippen LogP contribution >= 0.6 is 11.6 Å². The van der Waals surface area contributed by atoms with Gasteiger partial charge in [0, 0.05) is 16.5 Å². The van der Waals surface area contributed by atoms with Crippen molar-refractivity contribution >= 4 is 17.5 Å². The minimum Gasteiger partial charge on any atom is -0.351 e. The maximum Gasteiger partial charge on any atom is 0.237 e. The topological polar surface area (TPSA) is 55.1 Å². The average Bonchev–Trinajstić information content (AvgIpc) is 2.47. The van der Waals surface area contributed by atoms with Gasteiger partial charge in [-0.15, -0.1) is 0 Å². The third-order valence-electron chi connectivity index (χ3n) is 5.29. The highest BCUT2D eigenvalue weighted by Crippen LogP contribution is 2.48. The smallest absolute Gasteiger partial charge is 0.237 e. The largest absolute Gasteiger partial charge is 0.351 e. The quantitative estimate of drug-likeness (QED) is 0.729. The molecule has 2 atom stereocenters. The molecular weight excluding hydrogens is 320 g/mol. The lowest BCUT2D eigenvalue weighted by Crippen LogP contribution is -2.57. The molecule has 0 aliphatic heterocycles. The molecule has 1 aromatic rings. The van der Waals surface area contributed by atoms with E-state index in [1.165, 1.54) is 12.0 Å². The van der Waals surface area contributed by atoms with Crippen molar-refractivity contribution in [2.45, 2.75) is 76.8 Å². The molecule has 1 aliphatic carbocycles. The molecule has 1 aromatic carbocycles. The molecule has 1 saturated carbocycles. The second kappa shape index (κ2) is 8.35. The normalized spacial score (nSPS) is 18.8. The summed E-state index contributed by atoms with van der Waals surface area (Å²) in [7, 11) is 0. The van der Waals surface area contributed by atoms with Crippen molar-refractivity contribution in [1.82, 2.24) is 5.32 Å². The van der Waals surface area contributed by atoms with Crippen molar-refractivity contribution in [3.8, 4) is 0 Å². The van der Waals surface area contributed by atoms with E-state index in [2.05, 4.69) is 38.2 Å². The summed E-state index contributed by atoms with van der Waals surface area (Å²) in [5, 5.41) is 4.04. The minimum atomic E-state index is -0.410. The Bertz CT molecular complexity index is 537. The molecule has 4 heteroatoms. The molecule has 24 heavy (non-hydrogen) atoms. The first-order chi connectivity index (χ1) is 11.4.